The van der Waals surface area contributed by atoms with E-state index in [2.05, 4.69) is 15.7 Å². The lowest BCUT2D eigenvalue weighted by Crippen LogP contribution is -2.47. The van der Waals surface area contributed by atoms with E-state index >= 15 is 0 Å². The van der Waals surface area contributed by atoms with Crippen molar-refractivity contribution in [1.29, 1.82) is 5.41 Å². The molecule has 0 saturated carbocycles. The van der Waals surface area contributed by atoms with E-state index in [4.69, 9.17) is 37.1 Å². The van der Waals surface area contributed by atoms with Crippen molar-refractivity contribution in [2.75, 3.05) is 25.6 Å². The predicted octanol–water partition coefficient (Wildman–Crippen LogP) is 6.33. The van der Waals surface area contributed by atoms with Crippen LogP contribution in [0.15, 0.2) is 113 Å². The number of hydrogen-bond donors (Lipinski definition) is 3. The molecule has 11 heteroatoms. The van der Waals surface area contributed by atoms with Gasteiger partial charge >= 0.3 is 0 Å². The average Bonchev–Trinajstić information content (AvgIpc) is 3.00. The Balaban J connectivity index is 1.51. The van der Waals surface area contributed by atoms with E-state index in [-0.39, 0.29) is 24.9 Å². The van der Waals surface area contributed by atoms with Gasteiger partial charge in [0.05, 0.1) is 18.7 Å². The van der Waals surface area contributed by atoms with Crippen molar-refractivity contribution in [2.24, 2.45) is 16.2 Å². The quantitative estimate of drug-likeness (QED) is 0.0550. The van der Waals surface area contributed by atoms with Crippen molar-refractivity contribution in [3.63, 3.8) is 0 Å². The smallest absolute Gasteiger partial charge is 0.238 e. The monoisotopic (exact) mass is 586 g/mol. The van der Waals surface area contributed by atoms with Crippen LogP contribution < -0.4 is 25.4 Å². The maximum atomic E-state index is 13.3. The summed E-state index contributed by atoms with van der Waals surface area (Å²) in [7, 11) is 1.59. The summed E-state index contributed by atoms with van der Waals surface area (Å²) in [6.07, 6.45) is 0. The topological polar surface area (TPSA) is 135 Å². The molecule has 216 valence electrons. The van der Waals surface area contributed by atoms with Gasteiger partial charge in [-0.25, -0.2) is 0 Å². The molecule has 0 bridgehead atoms. The highest BCUT2D eigenvalue weighted by atomic mass is 35.5. The summed E-state index contributed by atoms with van der Waals surface area (Å²) >= 11 is 6.28. The zero-order chi connectivity index (χ0) is 29.7. The van der Waals surface area contributed by atoms with Crippen LogP contribution in [0.2, 0.25) is 5.02 Å². The van der Waals surface area contributed by atoms with Gasteiger partial charge in [-0.05, 0) is 66.2 Å². The molecule has 0 aliphatic carbocycles. The van der Waals surface area contributed by atoms with Crippen molar-refractivity contribution in [1.82, 2.24) is 4.90 Å². The Morgan fingerprint density at radius 1 is 0.929 bits per heavy atom. The number of amides is 1. The Bertz CT molecular complexity index is 1480. The molecule has 1 amide bonds. The Labute approximate surface area is 249 Å². The lowest BCUT2D eigenvalue weighted by Gasteiger charge is -2.30. The minimum absolute atomic E-state index is 0.0312. The van der Waals surface area contributed by atoms with Gasteiger partial charge in [-0.15, -0.1) is 5.11 Å². The Morgan fingerprint density at radius 2 is 1.57 bits per heavy atom. The predicted molar refractivity (Wildman–Crippen MR) is 162 cm³/mol. The highest BCUT2D eigenvalue weighted by molar-refractivity contribution is 6.32. The molecule has 0 aliphatic rings. The van der Waals surface area contributed by atoms with E-state index in [9.17, 15) is 4.79 Å². The standard InChI is InChI=1S/C31H31ClN6O4/c1-40-24-15-11-22(12-16-24)19-38(28(31(33)36-37-34)21-41-29-10-6-5-9-27(29)32)20-30(39)35-23-13-17-26(18-14-23)42-25-7-3-2-4-8-25/h2-18,28H,19-21H2,1H3,(H,35,39)(H3,33,34,36). The first kappa shape index (κ1) is 30.0. The molecular weight excluding hydrogens is 556 g/mol. The van der Waals surface area contributed by atoms with E-state index in [0.29, 0.717) is 40.3 Å². The fraction of sp³-hybridized carbons (Fsp3) is 0.161. The van der Waals surface area contributed by atoms with Gasteiger partial charge in [0, 0.05) is 12.2 Å². The van der Waals surface area contributed by atoms with Crippen molar-refractivity contribution in [3.05, 3.63) is 114 Å². The van der Waals surface area contributed by atoms with Gasteiger partial charge in [-0.1, -0.05) is 59.3 Å². The number of carbonyl (C=O) groups is 1. The number of ether oxygens (including phenoxy) is 3. The van der Waals surface area contributed by atoms with Gasteiger partial charge in [0.1, 0.15) is 35.6 Å². The molecule has 0 spiro atoms. The van der Waals surface area contributed by atoms with Gasteiger partial charge in [0.25, 0.3) is 0 Å². The van der Waals surface area contributed by atoms with Crippen LogP contribution in [-0.4, -0.2) is 42.9 Å². The minimum atomic E-state index is -0.789. The molecule has 0 heterocycles. The maximum absolute atomic E-state index is 13.3. The molecule has 42 heavy (non-hydrogen) atoms. The van der Waals surface area contributed by atoms with Gasteiger partial charge in [0.2, 0.25) is 5.91 Å². The molecule has 4 N–H and O–H groups in total. The van der Waals surface area contributed by atoms with Crippen LogP contribution in [-0.2, 0) is 11.3 Å². The highest BCUT2D eigenvalue weighted by Gasteiger charge is 2.27. The summed E-state index contributed by atoms with van der Waals surface area (Å²) in [5.41, 5.74) is 1.47. The number of amidine groups is 1. The maximum Gasteiger partial charge on any atom is 0.238 e. The van der Waals surface area contributed by atoms with Crippen LogP contribution in [0.5, 0.6) is 23.0 Å². The largest absolute Gasteiger partial charge is 0.497 e. The third kappa shape index (κ3) is 8.79. The first-order chi connectivity index (χ1) is 20.4. The number of nitrogens with one attached hydrogen (secondary N) is 2. The fourth-order valence-electron chi connectivity index (χ4n) is 4.07. The number of carbonyl (C=O) groups excluding carboxylic acids is 1. The van der Waals surface area contributed by atoms with Crippen LogP contribution in [0.25, 0.3) is 0 Å². The lowest BCUT2D eigenvalue weighted by atomic mass is 10.1. The zero-order valence-electron chi connectivity index (χ0n) is 22.9. The molecule has 0 fully saturated rings. The number of benzene rings is 4. The van der Waals surface area contributed by atoms with E-state index in [1.54, 1.807) is 60.5 Å². The van der Waals surface area contributed by atoms with Gasteiger partial charge in [0.15, 0.2) is 5.84 Å². The molecule has 4 aromatic rings. The third-order valence-corrected chi connectivity index (χ3v) is 6.48. The van der Waals surface area contributed by atoms with Gasteiger partial charge in [-0.2, -0.15) is 0 Å². The van der Waals surface area contributed by atoms with Crippen molar-refractivity contribution < 1.29 is 19.0 Å². The molecule has 0 aromatic heterocycles. The summed E-state index contributed by atoms with van der Waals surface area (Å²) in [4.78, 5) is 15.0. The number of methoxy groups -OCH3 is 1. The van der Waals surface area contributed by atoms with Crippen LogP contribution in [0.3, 0.4) is 0 Å². The normalized spacial score (nSPS) is 11.7. The number of anilines is 1. The van der Waals surface area contributed by atoms with Crippen LogP contribution in [0.4, 0.5) is 5.69 Å². The van der Waals surface area contributed by atoms with Gasteiger partial charge in [-0.3, -0.25) is 15.1 Å². The highest BCUT2D eigenvalue weighted by Crippen LogP contribution is 2.25. The first-order valence-electron chi connectivity index (χ1n) is 13.0. The summed E-state index contributed by atoms with van der Waals surface area (Å²) in [6.45, 7) is 0.171. The Hall–Kier alpha value is -4.93. The number of nitrogens with zero attached hydrogens (tertiary/aromatic N) is 3. The van der Waals surface area contributed by atoms with E-state index in [1.807, 2.05) is 54.6 Å². The first-order valence-corrected chi connectivity index (χ1v) is 13.4. The molecule has 10 nitrogen and oxygen atoms in total. The molecule has 0 aliphatic heterocycles. The SMILES string of the molecule is COc1ccc(CN(CC(=O)Nc2ccc(Oc3ccccc3)cc2)C(COc2ccccc2Cl)C(=N)N=NN)cc1. The molecular formula is C31H31ClN6O4. The van der Waals surface area contributed by atoms with E-state index < -0.39 is 6.04 Å². The number of hydrogen-bond acceptors (Lipinski definition) is 7. The third-order valence-electron chi connectivity index (χ3n) is 6.16. The van der Waals surface area contributed by atoms with E-state index in [0.717, 1.165) is 5.56 Å². The van der Waals surface area contributed by atoms with Crippen LogP contribution in [0.1, 0.15) is 5.56 Å². The van der Waals surface area contributed by atoms with Crippen LogP contribution >= 0.6 is 11.6 Å². The van der Waals surface area contributed by atoms with Gasteiger partial charge < -0.3 is 25.4 Å². The number of rotatable bonds is 13. The van der Waals surface area contributed by atoms with E-state index in [1.165, 1.54) is 0 Å². The van der Waals surface area contributed by atoms with Crippen LogP contribution in [0, 0.1) is 5.41 Å². The Kier molecular flexibility index (Phi) is 10.9. The molecule has 0 radical (unpaired) electrons. The second kappa shape index (κ2) is 15.2. The fourth-order valence-corrected chi connectivity index (χ4v) is 4.26. The zero-order valence-corrected chi connectivity index (χ0v) is 23.7. The second-order valence-corrected chi connectivity index (χ2v) is 9.51. The molecule has 1 unspecified atom stereocenters. The Morgan fingerprint density at radius 3 is 2.24 bits per heavy atom. The van der Waals surface area contributed by atoms with Crippen molar-refractivity contribution in [2.45, 2.75) is 12.6 Å². The number of para-hydroxylation sites is 2. The molecule has 1 atom stereocenters. The molecule has 4 aromatic carbocycles. The van der Waals surface area contributed by atoms with Crippen molar-refractivity contribution >= 4 is 29.0 Å². The summed E-state index contributed by atoms with van der Waals surface area (Å²) in [5, 5.41) is 18.9. The second-order valence-electron chi connectivity index (χ2n) is 9.10. The summed E-state index contributed by atoms with van der Waals surface area (Å²) in [5.74, 6) is 7.29. The molecule has 0 saturated heterocycles. The average molecular weight is 587 g/mol. The number of halogens is 1. The minimum Gasteiger partial charge on any atom is -0.497 e. The van der Waals surface area contributed by atoms with Crippen molar-refractivity contribution in [3.8, 4) is 23.0 Å². The number of nitrogens with two attached hydrogens (primary N) is 1. The summed E-state index contributed by atoms with van der Waals surface area (Å²) in [6, 6.07) is 30.1. The molecule has 4 rings (SSSR count). The summed E-state index contributed by atoms with van der Waals surface area (Å²) < 4.78 is 17.1. The lowest BCUT2D eigenvalue weighted by molar-refractivity contribution is -0.117.